The van der Waals surface area contributed by atoms with E-state index in [2.05, 4.69) is 34.4 Å². The Morgan fingerprint density at radius 1 is 1.28 bits per heavy atom. The van der Waals surface area contributed by atoms with Crippen molar-refractivity contribution in [2.45, 2.75) is 45.6 Å². The van der Waals surface area contributed by atoms with Crippen molar-refractivity contribution in [3.8, 4) is 0 Å². The van der Waals surface area contributed by atoms with Crippen LogP contribution in [0.1, 0.15) is 43.1 Å². The molecule has 102 valence electrons. The van der Waals surface area contributed by atoms with E-state index in [0.29, 0.717) is 0 Å². The van der Waals surface area contributed by atoms with Crippen molar-refractivity contribution < 1.29 is 0 Å². The van der Waals surface area contributed by atoms with Crippen molar-refractivity contribution in [3.63, 3.8) is 0 Å². The average molecular weight is 250 g/mol. The third kappa shape index (κ3) is 3.56. The number of rotatable bonds is 6. The molecular weight excluding hydrogens is 224 g/mol. The fraction of sp³-hybridized carbons (Fsp3) is 0.786. The van der Waals surface area contributed by atoms with Crippen LogP contribution in [-0.4, -0.2) is 41.8 Å². The Morgan fingerprint density at radius 3 is 2.94 bits per heavy atom. The first-order chi connectivity index (χ1) is 8.81. The van der Waals surface area contributed by atoms with Gasteiger partial charge in [-0.05, 0) is 44.8 Å². The van der Waals surface area contributed by atoms with Crippen LogP contribution in [-0.2, 0) is 19.4 Å². The fourth-order valence-corrected chi connectivity index (χ4v) is 2.51. The summed E-state index contributed by atoms with van der Waals surface area (Å²) >= 11 is 0. The standard InChI is InChI=1S/C14H26N4/c1-3-18(2)10-9-15-11-14-12-7-5-4-6-8-13(12)16-17-14/h15H,3-11H2,1-2H3,(H,16,17). The van der Waals surface area contributed by atoms with E-state index >= 15 is 0 Å². The summed E-state index contributed by atoms with van der Waals surface area (Å²) in [4.78, 5) is 2.32. The van der Waals surface area contributed by atoms with E-state index in [0.717, 1.165) is 26.2 Å². The maximum absolute atomic E-state index is 4.48. The number of likely N-dealkylation sites (N-methyl/N-ethyl adjacent to an activating group) is 1. The van der Waals surface area contributed by atoms with E-state index < -0.39 is 0 Å². The second-order valence-electron chi connectivity index (χ2n) is 5.26. The fourth-order valence-electron chi connectivity index (χ4n) is 2.51. The van der Waals surface area contributed by atoms with Crippen molar-refractivity contribution in [2.75, 3.05) is 26.7 Å². The van der Waals surface area contributed by atoms with Gasteiger partial charge in [-0.3, -0.25) is 5.10 Å². The third-order valence-corrected chi connectivity index (χ3v) is 3.89. The van der Waals surface area contributed by atoms with Gasteiger partial charge in [0.05, 0.1) is 5.69 Å². The maximum atomic E-state index is 4.48. The van der Waals surface area contributed by atoms with Crippen molar-refractivity contribution in [1.82, 2.24) is 20.4 Å². The van der Waals surface area contributed by atoms with E-state index in [4.69, 9.17) is 0 Å². The van der Waals surface area contributed by atoms with Gasteiger partial charge in [-0.25, -0.2) is 0 Å². The van der Waals surface area contributed by atoms with Gasteiger partial charge in [0.1, 0.15) is 0 Å². The SMILES string of the molecule is CCN(C)CCNCc1n[nH]c2c1CCCCC2. The monoisotopic (exact) mass is 250 g/mol. The molecule has 0 aromatic carbocycles. The molecule has 1 aliphatic carbocycles. The molecule has 18 heavy (non-hydrogen) atoms. The van der Waals surface area contributed by atoms with Gasteiger partial charge in [0.25, 0.3) is 0 Å². The van der Waals surface area contributed by atoms with Gasteiger partial charge in [-0.2, -0.15) is 5.10 Å². The Balaban J connectivity index is 1.81. The van der Waals surface area contributed by atoms with Crippen molar-refractivity contribution in [2.24, 2.45) is 0 Å². The van der Waals surface area contributed by atoms with Crippen LogP contribution < -0.4 is 5.32 Å². The first-order valence-electron chi connectivity index (χ1n) is 7.25. The molecule has 0 saturated heterocycles. The van der Waals surface area contributed by atoms with Crippen LogP contribution >= 0.6 is 0 Å². The summed E-state index contributed by atoms with van der Waals surface area (Å²) in [5.74, 6) is 0. The molecule has 0 radical (unpaired) electrons. The van der Waals surface area contributed by atoms with Crippen molar-refractivity contribution in [1.29, 1.82) is 0 Å². The highest BCUT2D eigenvalue weighted by molar-refractivity contribution is 5.26. The lowest BCUT2D eigenvalue weighted by atomic mass is 10.1. The quantitative estimate of drug-likeness (QED) is 0.597. The largest absolute Gasteiger partial charge is 0.310 e. The van der Waals surface area contributed by atoms with Crippen molar-refractivity contribution >= 4 is 0 Å². The molecule has 0 atom stereocenters. The van der Waals surface area contributed by atoms with Gasteiger partial charge in [0.15, 0.2) is 0 Å². The van der Waals surface area contributed by atoms with Crippen LogP contribution in [0.5, 0.6) is 0 Å². The normalized spacial score (nSPS) is 15.7. The highest BCUT2D eigenvalue weighted by Crippen LogP contribution is 2.21. The molecular formula is C14H26N4. The second-order valence-corrected chi connectivity index (χ2v) is 5.26. The Labute approximate surface area is 110 Å². The lowest BCUT2D eigenvalue weighted by molar-refractivity contribution is 0.348. The topological polar surface area (TPSA) is 44.0 Å². The van der Waals surface area contributed by atoms with Gasteiger partial charge in [0.2, 0.25) is 0 Å². The summed E-state index contributed by atoms with van der Waals surface area (Å²) < 4.78 is 0. The molecule has 1 heterocycles. The van der Waals surface area contributed by atoms with E-state index in [1.54, 1.807) is 0 Å². The Bertz CT molecular complexity index is 359. The predicted octanol–water partition coefficient (Wildman–Crippen LogP) is 1.72. The molecule has 0 amide bonds. The van der Waals surface area contributed by atoms with Gasteiger partial charge >= 0.3 is 0 Å². The first-order valence-corrected chi connectivity index (χ1v) is 7.25. The summed E-state index contributed by atoms with van der Waals surface area (Å²) in [6.07, 6.45) is 6.37. The summed E-state index contributed by atoms with van der Waals surface area (Å²) in [5.41, 5.74) is 4.12. The molecule has 2 rings (SSSR count). The Morgan fingerprint density at radius 2 is 2.11 bits per heavy atom. The smallest absolute Gasteiger partial charge is 0.0794 e. The zero-order valence-electron chi connectivity index (χ0n) is 11.8. The minimum Gasteiger partial charge on any atom is -0.310 e. The summed E-state index contributed by atoms with van der Waals surface area (Å²) in [6, 6.07) is 0. The molecule has 0 fully saturated rings. The first kappa shape index (κ1) is 13.6. The zero-order valence-corrected chi connectivity index (χ0v) is 11.8. The second kappa shape index (κ2) is 6.90. The highest BCUT2D eigenvalue weighted by atomic mass is 15.1. The van der Waals surface area contributed by atoms with E-state index in [-0.39, 0.29) is 0 Å². The number of nitrogens with one attached hydrogen (secondary N) is 2. The molecule has 0 bridgehead atoms. The van der Waals surface area contributed by atoms with Gasteiger partial charge < -0.3 is 10.2 Å². The third-order valence-electron chi connectivity index (χ3n) is 3.89. The number of H-pyrrole nitrogens is 1. The molecule has 1 aliphatic rings. The lowest BCUT2D eigenvalue weighted by Crippen LogP contribution is -2.29. The van der Waals surface area contributed by atoms with Crippen molar-refractivity contribution in [3.05, 3.63) is 17.0 Å². The zero-order chi connectivity index (χ0) is 12.8. The predicted molar refractivity (Wildman–Crippen MR) is 74.7 cm³/mol. The molecule has 1 aromatic rings. The number of hydrogen-bond donors (Lipinski definition) is 2. The van der Waals surface area contributed by atoms with Crippen LogP contribution in [0.15, 0.2) is 0 Å². The number of aromatic nitrogens is 2. The molecule has 1 aromatic heterocycles. The van der Waals surface area contributed by atoms with Gasteiger partial charge in [-0.1, -0.05) is 13.3 Å². The summed E-state index contributed by atoms with van der Waals surface area (Å²) in [5, 5.41) is 11.2. The number of fused-ring (bicyclic) bond motifs is 1. The number of nitrogens with zero attached hydrogens (tertiary/aromatic N) is 2. The molecule has 4 nitrogen and oxygen atoms in total. The van der Waals surface area contributed by atoms with Crippen LogP contribution in [0, 0.1) is 0 Å². The Hall–Kier alpha value is -0.870. The van der Waals surface area contributed by atoms with Crippen LogP contribution in [0.2, 0.25) is 0 Å². The number of aryl methyl sites for hydroxylation is 1. The summed E-state index contributed by atoms with van der Waals surface area (Å²) in [6.45, 7) is 6.34. The number of hydrogen-bond acceptors (Lipinski definition) is 3. The van der Waals surface area contributed by atoms with E-state index in [1.165, 1.54) is 49.1 Å². The molecule has 0 unspecified atom stereocenters. The molecule has 0 saturated carbocycles. The van der Waals surface area contributed by atoms with Crippen LogP contribution in [0.4, 0.5) is 0 Å². The number of aromatic amines is 1. The molecule has 2 N–H and O–H groups in total. The van der Waals surface area contributed by atoms with Crippen LogP contribution in [0.25, 0.3) is 0 Å². The highest BCUT2D eigenvalue weighted by Gasteiger charge is 2.14. The summed E-state index contributed by atoms with van der Waals surface area (Å²) in [7, 11) is 2.16. The van der Waals surface area contributed by atoms with Gasteiger partial charge in [-0.15, -0.1) is 0 Å². The maximum Gasteiger partial charge on any atom is 0.0794 e. The molecule has 0 spiro atoms. The molecule has 0 aliphatic heterocycles. The minimum absolute atomic E-state index is 0.906. The average Bonchev–Trinajstić information content (AvgIpc) is 2.62. The molecule has 4 heteroatoms. The minimum atomic E-state index is 0.906. The van der Waals surface area contributed by atoms with E-state index in [1.807, 2.05) is 0 Å². The lowest BCUT2D eigenvalue weighted by Gasteiger charge is -2.13. The Kier molecular flexibility index (Phi) is 5.20. The van der Waals surface area contributed by atoms with Gasteiger partial charge in [0, 0.05) is 25.3 Å². The van der Waals surface area contributed by atoms with E-state index in [9.17, 15) is 0 Å². The van der Waals surface area contributed by atoms with Crippen LogP contribution in [0.3, 0.4) is 0 Å².